The van der Waals surface area contributed by atoms with Crippen molar-refractivity contribution in [3.05, 3.63) is 60.8 Å². The van der Waals surface area contributed by atoms with E-state index in [1.54, 1.807) is 0 Å². The second-order valence-corrected chi connectivity index (χ2v) is 18.6. The predicted octanol–water partition coefficient (Wildman–Crippen LogP) is 18.4. The second-order valence-electron chi connectivity index (χ2n) is 18.6. The highest BCUT2D eigenvalue weighted by Crippen LogP contribution is 2.16. The van der Waals surface area contributed by atoms with Crippen LogP contribution in [0.1, 0.15) is 278 Å². The number of ether oxygens (including phenoxy) is 3. The van der Waals surface area contributed by atoms with Crippen molar-refractivity contribution in [3.63, 3.8) is 0 Å². The molecule has 0 aliphatic rings. The summed E-state index contributed by atoms with van der Waals surface area (Å²) in [5.41, 5.74) is 0. The number of hydrogen-bond donors (Lipinski definition) is 0. The lowest BCUT2D eigenvalue weighted by molar-refractivity contribution is -0.166. The molecule has 0 fully saturated rings. The van der Waals surface area contributed by atoms with Gasteiger partial charge in [0.05, 0.1) is 0 Å². The Labute approximate surface area is 402 Å². The summed E-state index contributed by atoms with van der Waals surface area (Å²) in [7, 11) is 0. The SMILES string of the molecule is CCCCCCC/C=C/C=C/C=C/CCCCCCCC(=O)OCC(COC(=O)CC/C=C/C/C=C/CCCCCCCC)OC(=O)CCCCCCCCCCCCCCCCCC. The lowest BCUT2D eigenvalue weighted by atomic mass is 10.0. The van der Waals surface area contributed by atoms with Crippen LogP contribution in [0, 0.1) is 0 Å². The molecule has 0 amide bonds. The molecule has 0 spiro atoms. The summed E-state index contributed by atoms with van der Waals surface area (Å²) in [6.07, 6.45) is 66.5. The maximum absolute atomic E-state index is 12.8. The zero-order chi connectivity index (χ0) is 47.2. The fourth-order valence-electron chi connectivity index (χ4n) is 7.85. The molecule has 376 valence electrons. The smallest absolute Gasteiger partial charge is 0.306 e. The van der Waals surface area contributed by atoms with Crippen LogP contribution < -0.4 is 0 Å². The molecule has 0 rings (SSSR count). The monoisotopic (exact) mass is 909 g/mol. The molecule has 0 aromatic heterocycles. The zero-order valence-corrected chi connectivity index (χ0v) is 43.0. The maximum atomic E-state index is 12.8. The van der Waals surface area contributed by atoms with Gasteiger partial charge in [0.15, 0.2) is 6.10 Å². The maximum Gasteiger partial charge on any atom is 0.306 e. The lowest BCUT2D eigenvalue weighted by Gasteiger charge is -2.18. The first kappa shape index (κ1) is 62.1. The van der Waals surface area contributed by atoms with Crippen molar-refractivity contribution in [1.29, 1.82) is 0 Å². The molecule has 0 aromatic carbocycles. The third-order valence-corrected chi connectivity index (χ3v) is 12.1. The van der Waals surface area contributed by atoms with Crippen molar-refractivity contribution >= 4 is 17.9 Å². The minimum Gasteiger partial charge on any atom is -0.462 e. The van der Waals surface area contributed by atoms with Crippen LogP contribution in [0.4, 0.5) is 0 Å². The normalized spacial score (nSPS) is 12.5. The van der Waals surface area contributed by atoms with Gasteiger partial charge in [0.2, 0.25) is 0 Å². The van der Waals surface area contributed by atoms with Gasteiger partial charge in [0.1, 0.15) is 13.2 Å². The third-order valence-electron chi connectivity index (χ3n) is 12.1. The quantitative estimate of drug-likeness (QED) is 0.0199. The van der Waals surface area contributed by atoms with Crippen LogP contribution in [-0.4, -0.2) is 37.2 Å². The highest BCUT2D eigenvalue weighted by atomic mass is 16.6. The van der Waals surface area contributed by atoms with Crippen LogP contribution in [0.3, 0.4) is 0 Å². The van der Waals surface area contributed by atoms with Crippen LogP contribution in [-0.2, 0) is 28.6 Å². The Morgan fingerprint density at radius 1 is 0.323 bits per heavy atom. The number of unbranched alkanes of at least 4 members (excludes halogenated alkanes) is 31. The van der Waals surface area contributed by atoms with E-state index in [9.17, 15) is 14.4 Å². The first-order valence-electron chi connectivity index (χ1n) is 27.8. The Morgan fingerprint density at radius 2 is 0.646 bits per heavy atom. The van der Waals surface area contributed by atoms with Gasteiger partial charge in [-0.25, -0.2) is 0 Å². The van der Waals surface area contributed by atoms with Gasteiger partial charge in [-0.15, -0.1) is 0 Å². The molecule has 0 N–H and O–H groups in total. The summed E-state index contributed by atoms with van der Waals surface area (Å²) < 4.78 is 16.8. The molecule has 0 aromatic rings. The van der Waals surface area contributed by atoms with E-state index in [0.29, 0.717) is 19.3 Å². The van der Waals surface area contributed by atoms with Crippen molar-refractivity contribution in [3.8, 4) is 0 Å². The van der Waals surface area contributed by atoms with E-state index in [4.69, 9.17) is 14.2 Å². The highest BCUT2D eigenvalue weighted by molar-refractivity contribution is 5.71. The van der Waals surface area contributed by atoms with E-state index in [2.05, 4.69) is 75.5 Å². The largest absolute Gasteiger partial charge is 0.462 e. The molecular formula is C59H104O6. The summed E-state index contributed by atoms with van der Waals surface area (Å²) in [5, 5.41) is 0. The van der Waals surface area contributed by atoms with Gasteiger partial charge in [-0.3, -0.25) is 14.4 Å². The van der Waals surface area contributed by atoms with Crippen molar-refractivity contribution in [2.45, 2.75) is 284 Å². The number of hydrogen-bond acceptors (Lipinski definition) is 6. The molecular weight excluding hydrogens is 805 g/mol. The molecule has 1 unspecified atom stereocenters. The molecule has 6 heteroatoms. The van der Waals surface area contributed by atoms with Crippen molar-refractivity contribution in [2.75, 3.05) is 13.2 Å². The molecule has 65 heavy (non-hydrogen) atoms. The van der Waals surface area contributed by atoms with E-state index in [-0.39, 0.29) is 37.5 Å². The van der Waals surface area contributed by atoms with E-state index >= 15 is 0 Å². The topological polar surface area (TPSA) is 78.9 Å². The van der Waals surface area contributed by atoms with Gasteiger partial charge in [0.25, 0.3) is 0 Å². The standard InChI is InChI=1S/C59H104O6/c1-4-7-10-13-16-19-22-25-27-29-30-32-34-37-40-43-46-49-52-58(61)64-55-56(54-63-57(60)51-48-45-42-39-36-33-24-21-18-15-12-9-6-3)65-59(62)53-50-47-44-41-38-35-31-28-26-23-20-17-14-11-8-5-2/h22,25,27,29-30,32-33,36,42,45,56H,4-21,23-24,26,28,31,34-35,37-41,43-44,46-55H2,1-3H3/b25-22+,29-27+,32-30+,36-33+,45-42+. The first-order valence-corrected chi connectivity index (χ1v) is 27.8. The van der Waals surface area contributed by atoms with Gasteiger partial charge in [-0.2, -0.15) is 0 Å². The van der Waals surface area contributed by atoms with Crippen molar-refractivity contribution in [2.24, 2.45) is 0 Å². The fourth-order valence-corrected chi connectivity index (χ4v) is 7.85. The Kier molecular flexibility index (Phi) is 51.3. The summed E-state index contributed by atoms with van der Waals surface area (Å²) in [4.78, 5) is 38.0. The average molecular weight is 909 g/mol. The number of esters is 3. The fraction of sp³-hybridized carbons (Fsp3) is 0.780. The summed E-state index contributed by atoms with van der Waals surface area (Å²) in [6.45, 7) is 6.57. The van der Waals surface area contributed by atoms with Crippen LogP contribution in [0.2, 0.25) is 0 Å². The van der Waals surface area contributed by atoms with Gasteiger partial charge < -0.3 is 14.2 Å². The van der Waals surface area contributed by atoms with Crippen LogP contribution >= 0.6 is 0 Å². The number of carbonyl (C=O) groups excluding carboxylic acids is 3. The van der Waals surface area contributed by atoms with Gasteiger partial charge >= 0.3 is 17.9 Å². The van der Waals surface area contributed by atoms with Crippen LogP contribution in [0.5, 0.6) is 0 Å². The van der Waals surface area contributed by atoms with E-state index in [1.165, 1.54) is 161 Å². The van der Waals surface area contributed by atoms with E-state index in [1.807, 2.05) is 6.08 Å². The minimum absolute atomic E-state index is 0.0998. The summed E-state index contributed by atoms with van der Waals surface area (Å²) in [6, 6.07) is 0. The molecule has 1 atom stereocenters. The third kappa shape index (κ3) is 51.9. The van der Waals surface area contributed by atoms with Crippen molar-refractivity contribution < 1.29 is 28.6 Å². The molecule has 0 aliphatic heterocycles. The Bertz CT molecular complexity index is 1180. The molecule has 0 bridgehead atoms. The molecule has 0 aliphatic carbocycles. The van der Waals surface area contributed by atoms with Gasteiger partial charge in [-0.05, 0) is 64.2 Å². The summed E-state index contributed by atoms with van der Waals surface area (Å²) in [5.74, 6) is -0.978. The van der Waals surface area contributed by atoms with Crippen molar-refractivity contribution in [1.82, 2.24) is 0 Å². The molecule has 0 heterocycles. The minimum atomic E-state index is -0.803. The molecule has 0 saturated carbocycles. The number of carbonyl (C=O) groups is 3. The average Bonchev–Trinajstić information content (AvgIpc) is 3.30. The molecule has 0 saturated heterocycles. The van der Waals surface area contributed by atoms with E-state index < -0.39 is 6.10 Å². The Balaban J connectivity index is 4.44. The van der Waals surface area contributed by atoms with Crippen LogP contribution in [0.15, 0.2) is 60.8 Å². The van der Waals surface area contributed by atoms with Gasteiger partial charge in [0, 0.05) is 19.3 Å². The lowest BCUT2D eigenvalue weighted by Crippen LogP contribution is -2.30. The molecule has 0 radical (unpaired) electrons. The Hall–Kier alpha value is -2.89. The van der Waals surface area contributed by atoms with E-state index in [0.717, 1.165) is 70.6 Å². The number of rotatable bonds is 50. The highest BCUT2D eigenvalue weighted by Gasteiger charge is 2.19. The van der Waals surface area contributed by atoms with Crippen LogP contribution in [0.25, 0.3) is 0 Å². The Morgan fingerprint density at radius 3 is 1.06 bits per heavy atom. The zero-order valence-electron chi connectivity index (χ0n) is 43.0. The summed E-state index contributed by atoms with van der Waals surface area (Å²) >= 11 is 0. The molecule has 6 nitrogen and oxygen atoms in total. The van der Waals surface area contributed by atoms with Gasteiger partial charge in [-0.1, -0.05) is 255 Å². The second kappa shape index (κ2) is 53.7. The number of allylic oxidation sites excluding steroid dienone is 10. The first-order chi connectivity index (χ1) is 32.0. The predicted molar refractivity (Wildman–Crippen MR) is 279 cm³/mol.